The zero-order chi connectivity index (χ0) is 18.7. The van der Waals surface area contributed by atoms with E-state index in [9.17, 15) is 29.4 Å². The van der Waals surface area contributed by atoms with Gasteiger partial charge in [0, 0.05) is 0 Å². The second-order valence-electron chi connectivity index (χ2n) is 5.28. The number of hydrogen-bond acceptors (Lipinski definition) is 5. The van der Waals surface area contributed by atoms with E-state index in [4.69, 9.17) is 4.74 Å². The smallest absolute Gasteiger partial charge is 0.347 e. The van der Waals surface area contributed by atoms with E-state index in [-0.39, 0.29) is 22.3 Å². The number of aryl methyl sites for hydroxylation is 2. The molecule has 0 atom stereocenters. The van der Waals surface area contributed by atoms with Gasteiger partial charge in [-0.25, -0.2) is 19.2 Å². The number of rotatable bonds is 4. The van der Waals surface area contributed by atoms with Crippen molar-refractivity contribution in [2.24, 2.45) is 0 Å². The van der Waals surface area contributed by atoms with Crippen LogP contribution < -0.4 is 0 Å². The number of carboxylic acids is 2. The fourth-order valence-electron chi connectivity index (χ4n) is 2.42. The highest BCUT2D eigenvalue weighted by Gasteiger charge is 2.26. The summed E-state index contributed by atoms with van der Waals surface area (Å²) in [7, 11) is 0. The van der Waals surface area contributed by atoms with Gasteiger partial charge in [-0.15, -0.1) is 0 Å². The van der Waals surface area contributed by atoms with Crippen LogP contribution in [-0.4, -0.2) is 34.1 Å². The SMILES string of the molecule is Cc1cccc(C(=O)O)c1C(=O)OC(=O)c1c(C)cccc1C(=O)O. The van der Waals surface area contributed by atoms with Crippen LogP contribution in [0.4, 0.5) is 0 Å². The summed E-state index contributed by atoms with van der Waals surface area (Å²) in [5.41, 5.74) is -0.480. The second-order valence-corrected chi connectivity index (χ2v) is 5.28. The highest BCUT2D eigenvalue weighted by atomic mass is 16.6. The lowest BCUT2D eigenvalue weighted by molar-refractivity contribution is 0.0385. The van der Waals surface area contributed by atoms with Gasteiger partial charge in [0.15, 0.2) is 0 Å². The Balaban J connectivity index is 2.43. The first kappa shape index (κ1) is 17.9. The molecule has 0 unspecified atom stereocenters. The lowest BCUT2D eigenvalue weighted by atomic mass is 10.0. The number of esters is 2. The van der Waals surface area contributed by atoms with Crippen LogP contribution in [0.25, 0.3) is 0 Å². The summed E-state index contributed by atoms with van der Waals surface area (Å²) in [6.45, 7) is 3.01. The van der Waals surface area contributed by atoms with Crippen molar-refractivity contribution in [2.45, 2.75) is 13.8 Å². The van der Waals surface area contributed by atoms with Crippen LogP contribution in [0.15, 0.2) is 36.4 Å². The van der Waals surface area contributed by atoms with Gasteiger partial charge in [0.25, 0.3) is 0 Å². The summed E-state index contributed by atoms with van der Waals surface area (Å²) >= 11 is 0. The Morgan fingerprint density at radius 3 is 1.40 bits per heavy atom. The van der Waals surface area contributed by atoms with Crippen molar-refractivity contribution in [2.75, 3.05) is 0 Å². The molecule has 0 heterocycles. The lowest BCUT2D eigenvalue weighted by Gasteiger charge is -2.11. The molecule has 0 aliphatic heterocycles. The Bertz CT molecular complexity index is 823. The van der Waals surface area contributed by atoms with Crippen LogP contribution in [0.3, 0.4) is 0 Å². The molecule has 0 aliphatic rings. The van der Waals surface area contributed by atoms with E-state index in [0.29, 0.717) is 11.1 Å². The maximum atomic E-state index is 12.3. The number of carbonyl (C=O) groups excluding carboxylic acids is 2. The average molecular weight is 342 g/mol. The number of ether oxygens (including phenoxy) is 1. The fourth-order valence-corrected chi connectivity index (χ4v) is 2.42. The molecule has 128 valence electrons. The Morgan fingerprint density at radius 1 is 0.720 bits per heavy atom. The van der Waals surface area contributed by atoms with Crippen molar-refractivity contribution in [3.8, 4) is 0 Å². The van der Waals surface area contributed by atoms with Crippen LogP contribution in [0.1, 0.15) is 52.6 Å². The van der Waals surface area contributed by atoms with Gasteiger partial charge in [0.2, 0.25) is 0 Å². The largest absolute Gasteiger partial charge is 0.478 e. The van der Waals surface area contributed by atoms with Crippen LogP contribution >= 0.6 is 0 Å². The predicted octanol–water partition coefficient (Wildman–Crippen LogP) is 2.70. The van der Waals surface area contributed by atoms with Crippen LogP contribution in [-0.2, 0) is 4.74 Å². The Labute approximate surface area is 142 Å². The molecule has 0 aliphatic carbocycles. The molecule has 0 radical (unpaired) electrons. The van der Waals surface area contributed by atoms with E-state index < -0.39 is 23.9 Å². The number of benzene rings is 2. The number of carbonyl (C=O) groups is 4. The van der Waals surface area contributed by atoms with E-state index in [1.165, 1.54) is 50.2 Å². The summed E-state index contributed by atoms with van der Waals surface area (Å²) in [6, 6.07) is 8.36. The first-order chi connectivity index (χ1) is 11.7. The van der Waals surface area contributed by atoms with Crippen molar-refractivity contribution in [1.29, 1.82) is 0 Å². The van der Waals surface area contributed by atoms with Crippen molar-refractivity contribution < 1.29 is 34.1 Å². The molecule has 7 heteroatoms. The minimum absolute atomic E-state index is 0.256. The minimum atomic E-state index is -1.34. The molecule has 0 saturated heterocycles. The number of carboxylic acid groups (broad SMARTS) is 2. The van der Waals surface area contributed by atoms with Gasteiger partial charge >= 0.3 is 23.9 Å². The van der Waals surface area contributed by atoms with E-state index in [0.717, 1.165) is 0 Å². The van der Waals surface area contributed by atoms with Gasteiger partial charge < -0.3 is 14.9 Å². The van der Waals surface area contributed by atoms with Crippen molar-refractivity contribution in [1.82, 2.24) is 0 Å². The van der Waals surface area contributed by atoms with Gasteiger partial charge in [-0.3, -0.25) is 0 Å². The molecule has 0 bridgehead atoms. The summed E-state index contributed by atoms with van der Waals surface area (Å²) in [4.78, 5) is 47.1. The Hall–Kier alpha value is -3.48. The predicted molar refractivity (Wildman–Crippen MR) is 86.0 cm³/mol. The average Bonchev–Trinajstić information content (AvgIpc) is 2.53. The van der Waals surface area contributed by atoms with Gasteiger partial charge in [0.1, 0.15) is 0 Å². The van der Waals surface area contributed by atoms with Crippen molar-refractivity contribution in [3.05, 3.63) is 69.8 Å². The highest BCUT2D eigenvalue weighted by Crippen LogP contribution is 2.20. The molecule has 2 aromatic rings. The number of hydrogen-bond donors (Lipinski definition) is 2. The monoisotopic (exact) mass is 342 g/mol. The molecular weight excluding hydrogens is 328 g/mol. The maximum Gasteiger partial charge on any atom is 0.347 e. The van der Waals surface area contributed by atoms with E-state index >= 15 is 0 Å². The van der Waals surface area contributed by atoms with Gasteiger partial charge in [-0.2, -0.15) is 0 Å². The number of aromatic carboxylic acids is 2. The van der Waals surface area contributed by atoms with Crippen molar-refractivity contribution >= 4 is 23.9 Å². The lowest BCUT2D eigenvalue weighted by Crippen LogP contribution is -2.20. The van der Waals surface area contributed by atoms with Crippen LogP contribution in [0, 0.1) is 13.8 Å². The topological polar surface area (TPSA) is 118 Å². The molecule has 2 N–H and O–H groups in total. The Morgan fingerprint density at radius 2 is 1.08 bits per heavy atom. The molecule has 25 heavy (non-hydrogen) atoms. The standard InChI is InChI=1S/C18H14O7/c1-9-5-3-7-11(15(19)20)13(9)17(23)25-18(24)14-10(2)6-4-8-12(14)16(21)22/h3-8H,1-2H3,(H,19,20)(H,21,22). The third kappa shape index (κ3) is 3.55. The second kappa shape index (κ2) is 6.96. The van der Waals surface area contributed by atoms with Crippen molar-refractivity contribution in [3.63, 3.8) is 0 Å². The van der Waals surface area contributed by atoms with Gasteiger partial charge in [-0.1, -0.05) is 24.3 Å². The summed E-state index contributed by atoms with van der Waals surface area (Å²) in [5.74, 6) is -4.99. The van der Waals surface area contributed by atoms with Crippen LogP contribution in [0.5, 0.6) is 0 Å². The molecule has 0 saturated carbocycles. The molecular formula is C18H14O7. The quantitative estimate of drug-likeness (QED) is 0.648. The Kier molecular flexibility index (Phi) is 4.97. The molecule has 0 fully saturated rings. The molecule has 0 amide bonds. The zero-order valence-electron chi connectivity index (χ0n) is 13.4. The highest BCUT2D eigenvalue weighted by molar-refractivity contribution is 6.11. The fraction of sp³-hybridized carbons (Fsp3) is 0.111. The third-order valence-electron chi connectivity index (χ3n) is 3.60. The minimum Gasteiger partial charge on any atom is -0.478 e. The first-order valence-corrected chi connectivity index (χ1v) is 7.16. The maximum absolute atomic E-state index is 12.3. The van der Waals surface area contributed by atoms with E-state index in [1.54, 1.807) is 0 Å². The molecule has 7 nitrogen and oxygen atoms in total. The molecule has 0 spiro atoms. The van der Waals surface area contributed by atoms with E-state index in [2.05, 4.69) is 0 Å². The first-order valence-electron chi connectivity index (χ1n) is 7.16. The van der Waals surface area contributed by atoms with Gasteiger partial charge in [-0.05, 0) is 37.1 Å². The zero-order valence-corrected chi connectivity index (χ0v) is 13.4. The summed E-state index contributed by atoms with van der Waals surface area (Å²) in [6.07, 6.45) is 0. The summed E-state index contributed by atoms with van der Waals surface area (Å²) < 4.78 is 4.76. The molecule has 2 aromatic carbocycles. The van der Waals surface area contributed by atoms with E-state index in [1.807, 2.05) is 0 Å². The molecule has 0 aromatic heterocycles. The third-order valence-corrected chi connectivity index (χ3v) is 3.60. The van der Waals surface area contributed by atoms with Gasteiger partial charge in [0.05, 0.1) is 22.3 Å². The summed E-state index contributed by atoms with van der Waals surface area (Å²) in [5, 5.41) is 18.4. The normalized spacial score (nSPS) is 10.2. The van der Waals surface area contributed by atoms with Crippen LogP contribution in [0.2, 0.25) is 0 Å². The molecule has 2 rings (SSSR count).